The molecule has 0 spiro atoms. The first-order chi connectivity index (χ1) is 18.7. The van der Waals surface area contributed by atoms with Crippen LogP contribution in [0.4, 0.5) is 17.6 Å². The molecule has 0 bridgehead atoms. The second-order valence-electron chi connectivity index (χ2n) is 9.79. The van der Waals surface area contributed by atoms with Gasteiger partial charge in [-0.15, -0.1) is 5.10 Å². The fraction of sp³-hybridized carbons (Fsp3) is 0.286. The number of aliphatic hydroxyl groups is 2. The Balaban J connectivity index is 1.75. The number of hydrogen-bond donors (Lipinski definition) is 3. The molecule has 1 amide bonds. The Hall–Kier alpha value is -4.16. The van der Waals surface area contributed by atoms with Gasteiger partial charge in [0.1, 0.15) is 22.8 Å². The van der Waals surface area contributed by atoms with Crippen LogP contribution in [0, 0.1) is 18.6 Å². The summed E-state index contributed by atoms with van der Waals surface area (Å²) in [7, 11) is 1.37. The van der Waals surface area contributed by atoms with Crippen molar-refractivity contribution in [1.29, 1.82) is 0 Å². The van der Waals surface area contributed by atoms with E-state index in [1.807, 2.05) is 0 Å². The predicted octanol–water partition coefficient (Wildman–Crippen LogP) is 4.40. The number of aromatic nitrogens is 3. The molecule has 4 rings (SSSR count). The molecule has 0 unspecified atom stereocenters. The van der Waals surface area contributed by atoms with Crippen molar-refractivity contribution < 1.29 is 37.3 Å². The lowest BCUT2D eigenvalue weighted by molar-refractivity contribution is -0.101. The minimum absolute atomic E-state index is 0.0218. The SMILES string of the molecule is COc1cc(C(=O)NC[C@](O)(c2cc(C(C)(C)O)c(F)c(-c3ccc(F)cc3)n2)C(F)F)cc2cc(C)nnc12. The van der Waals surface area contributed by atoms with Crippen LogP contribution >= 0.6 is 0 Å². The van der Waals surface area contributed by atoms with Crippen LogP contribution in [0.5, 0.6) is 5.75 Å². The van der Waals surface area contributed by atoms with Crippen molar-refractivity contribution >= 4 is 16.8 Å². The number of nitrogens with zero attached hydrogens (tertiary/aromatic N) is 3. The van der Waals surface area contributed by atoms with Crippen LogP contribution < -0.4 is 10.1 Å². The first-order valence-corrected chi connectivity index (χ1v) is 12.0. The second-order valence-corrected chi connectivity index (χ2v) is 9.79. The van der Waals surface area contributed by atoms with Gasteiger partial charge in [0.05, 0.1) is 30.6 Å². The summed E-state index contributed by atoms with van der Waals surface area (Å²) in [6.07, 6.45) is -3.49. The number of benzene rings is 2. The molecule has 2 heterocycles. The number of fused-ring (bicyclic) bond motifs is 1. The van der Waals surface area contributed by atoms with Gasteiger partial charge in [-0.25, -0.2) is 22.5 Å². The van der Waals surface area contributed by atoms with E-state index in [1.165, 1.54) is 45.2 Å². The number of hydrogen-bond acceptors (Lipinski definition) is 7. The zero-order chi connectivity index (χ0) is 29.4. The number of aryl methyl sites for hydroxylation is 1. The lowest BCUT2D eigenvalue weighted by atomic mass is 9.90. The molecule has 3 N–H and O–H groups in total. The molecule has 2 aromatic carbocycles. The smallest absolute Gasteiger partial charge is 0.274 e. The topological polar surface area (TPSA) is 117 Å². The number of alkyl halides is 2. The molecule has 4 aromatic rings. The summed E-state index contributed by atoms with van der Waals surface area (Å²) in [4.78, 5) is 17.0. The van der Waals surface area contributed by atoms with Gasteiger partial charge in [-0.2, -0.15) is 5.10 Å². The quantitative estimate of drug-likeness (QED) is 0.275. The van der Waals surface area contributed by atoms with Gasteiger partial charge in [0.2, 0.25) is 0 Å². The highest BCUT2D eigenvalue weighted by molar-refractivity contribution is 5.99. The van der Waals surface area contributed by atoms with E-state index in [0.29, 0.717) is 16.6 Å². The van der Waals surface area contributed by atoms with E-state index in [9.17, 15) is 28.2 Å². The van der Waals surface area contributed by atoms with Crippen LogP contribution in [0.15, 0.2) is 48.5 Å². The van der Waals surface area contributed by atoms with Gasteiger partial charge >= 0.3 is 0 Å². The van der Waals surface area contributed by atoms with Crippen LogP contribution in [0.3, 0.4) is 0 Å². The lowest BCUT2D eigenvalue weighted by Crippen LogP contribution is -2.47. The van der Waals surface area contributed by atoms with E-state index >= 15 is 4.39 Å². The van der Waals surface area contributed by atoms with Crippen molar-refractivity contribution in [2.75, 3.05) is 13.7 Å². The van der Waals surface area contributed by atoms with Gasteiger partial charge in [0, 0.05) is 22.1 Å². The largest absolute Gasteiger partial charge is 0.494 e. The minimum atomic E-state index is -3.49. The number of ether oxygens (including phenoxy) is 1. The Morgan fingerprint density at radius 3 is 2.33 bits per heavy atom. The van der Waals surface area contributed by atoms with Crippen LogP contribution in [-0.4, -0.2) is 51.4 Å². The van der Waals surface area contributed by atoms with Crippen LogP contribution in [0.1, 0.15) is 41.2 Å². The molecule has 0 aliphatic rings. The molecule has 0 saturated carbocycles. The molecule has 0 saturated heterocycles. The maximum Gasteiger partial charge on any atom is 0.274 e. The predicted molar refractivity (Wildman–Crippen MR) is 138 cm³/mol. The maximum absolute atomic E-state index is 15.4. The van der Waals surface area contributed by atoms with E-state index in [-0.39, 0.29) is 16.9 Å². The highest BCUT2D eigenvalue weighted by atomic mass is 19.3. The van der Waals surface area contributed by atoms with Crippen LogP contribution in [0.25, 0.3) is 22.2 Å². The summed E-state index contributed by atoms with van der Waals surface area (Å²) in [5.74, 6) is -2.26. The van der Waals surface area contributed by atoms with Crippen molar-refractivity contribution in [3.63, 3.8) is 0 Å². The molecule has 0 fully saturated rings. The van der Waals surface area contributed by atoms with Gasteiger partial charge in [-0.1, -0.05) is 0 Å². The number of carbonyl (C=O) groups excluding carboxylic acids is 1. The number of amides is 1. The minimum Gasteiger partial charge on any atom is -0.494 e. The van der Waals surface area contributed by atoms with Crippen molar-refractivity contribution in [3.8, 4) is 17.0 Å². The lowest BCUT2D eigenvalue weighted by Gasteiger charge is -2.30. The summed E-state index contributed by atoms with van der Waals surface area (Å²) < 4.78 is 63.0. The van der Waals surface area contributed by atoms with E-state index in [2.05, 4.69) is 20.5 Å². The molecule has 12 heteroatoms. The number of methoxy groups -OCH3 is 1. The first kappa shape index (κ1) is 28.8. The number of carbonyl (C=O) groups is 1. The van der Waals surface area contributed by atoms with Gasteiger partial charge in [-0.05, 0) is 69.3 Å². The number of pyridine rings is 1. The zero-order valence-corrected chi connectivity index (χ0v) is 22.0. The monoisotopic (exact) mass is 558 g/mol. The van der Waals surface area contributed by atoms with E-state index in [0.717, 1.165) is 18.2 Å². The standard InChI is InChI=1S/C28H26F4N4O4/c1-14-9-16-10-17(11-20(40-4)23(16)36-35-14)25(37)33-13-28(39,26(31)32)21-12-19(27(2,3)38)22(30)24(34-21)15-5-7-18(29)8-6-15/h5-12,26,38-39H,13H2,1-4H3,(H,33,37)/t28-/m0/s1. The zero-order valence-electron chi connectivity index (χ0n) is 22.0. The highest BCUT2D eigenvalue weighted by Gasteiger charge is 2.43. The number of halogens is 4. The average Bonchev–Trinajstić information content (AvgIpc) is 2.90. The maximum atomic E-state index is 15.4. The Kier molecular flexibility index (Phi) is 7.77. The molecule has 0 radical (unpaired) electrons. The molecule has 1 atom stereocenters. The third kappa shape index (κ3) is 5.58. The van der Waals surface area contributed by atoms with Gasteiger partial charge in [-0.3, -0.25) is 4.79 Å². The third-order valence-corrected chi connectivity index (χ3v) is 6.32. The molecule has 210 valence electrons. The Morgan fingerprint density at radius 2 is 1.73 bits per heavy atom. The molecule has 0 aliphatic heterocycles. The summed E-state index contributed by atoms with van der Waals surface area (Å²) in [5, 5.41) is 32.5. The number of nitrogens with one attached hydrogen (secondary N) is 1. The van der Waals surface area contributed by atoms with Gasteiger partial charge in [0.15, 0.2) is 11.4 Å². The normalized spacial score (nSPS) is 13.4. The Bertz CT molecular complexity index is 1580. The van der Waals surface area contributed by atoms with E-state index in [4.69, 9.17) is 4.74 Å². The van der Waals surface area contributed by atoms with Crippen molar-refractivity contribution in [2.45, 2.75) is 38.4 Å². The van der Waals surface area contributed by atoms with Gasteiger partial charge in [0.25, 0.3) is 12.3 Å². The van der Waals surface area contributed by atoms with E-state index < -0.39 is 58.7 Å². The molecule has 0 aliphatic carbocycles. The Morgan fingerprint density at radius 1 is 1.05 bits per heavy atom. The summed E-state index contributed by atoms with van der Waals surface area (Å²) in [5.41, 5.74) is -5.58. The number of rotatable bonds is 8. The fourth-order valence-corrected chi connectivity index (χ4v) is 4.11. The first-order valence-electron chi connectivity index (χ1n) is 12.0. The molecule has 40 heavy (non-hydrogen) atoms. The molecular weight excluding hydrogens is 532 g/mol. The summed E-state index contributed by atoms with van der Waals surface area (Å²) >= 11 is 0. The van der Waals surface area contributed by atoms with Crippen molar-refractivity contribution in [1.82, 2.24) is 20.5 Å². The molecular formula is C28H26F4N4O4. The Labute approximate surface area is 226 Å². The highest BCUT2D eigenvalue weighted by Crippen LogP contribution is 2.36. The van der Waals surface area contributed by atoms with Crippen LogP contribution in [-0.2, 0) is 11.2 Å². The average molecular weight is 559 g/mol. The fourth-order valence-electron chi connectivity index (χ4n) is 4.11. The molecule has 2 aromatic heterocycles. The van der Waals surface area contributed by atoms with Crippen LogP contribution in [0.2, 0.25) is 0 Å². The van der Waals surface area contributed by atoms with Crippen molar-refractivity contribution in [3.05, 3.63) is 82.7 Å². The summed E-state index contributed by atoms with van der Waals surface area (Å²) in [6, 6.07) is 9.70. The van der Waals surface area contributed by atoms with Gasteiger partial charge < -0.3 is 20.3 Å². The third-order valence-electron chi connectivity index (χ3n) is 6.32. The molecule has 8 nitrogen and oxygen atoms in total. The summed E-state index contributed by atoms with van der Waals surface area (Å²) in [6.45, 7) is 3.13. The van der Waals surface area contributed by atoms with E-state index in [1.54, 1.807) is 13.0 Å². The second kappa shape index (κ2) is 10.8. The van der Waals surface area contributed by atoms with Crippen molar-refractivity contribution in [2.24, 2.45) is 0 Å².